The van der Waals surface area contributed by atoms with Crippen LogP contribution in [0, 0.1) is 6.92 Å². The average Bonchev–Trinajstić information content (AvgIpc) is 3.14. The highest BCUT2D eigenvalue weighted by Crippen LogP contribution is 2.25. The Morgan fingerprint density at radius 1 is 1.06 bits per heavy atom. The van der Waals surface area contributed by atoms with Gasteiger partial charge in [-0.3, -0.25) is 4.90 Å². The molecule has 1 aliphatic heterocycles. The summed E-state index contributed by atoms with van der Waals surface area (Å²) in [5.74, 6) is 1.31. The quantitative estimate of drug-likeness (QED) is 0.547. The van der Waals surface area contributed by atoms with E-state index < -0.39 is 10.0 Å². The number of halogens is 1. The third-order valence-corrected chi connectivity index (χ3v) is 7.79. The summed E-state index contributed by atoms with van der Waals surface area (Å²) in [5.41, 5.74) is 2.83. The lowest BCUT2D eigenvalue weighted by Crippen LogP contribution is -2.48. The van der Waals surface area contributed by atoms with Crippen molar-refractivity contribution in [2.45, 2.75) is 31.7 Å². The Kier molecular flexibility index (Phi) is 6.48. The molecule has 4 rings (SSSR count). The largest absolute Gasteiger partial charge is 0.441 e. The molecule has 0 N–H and O–H groups in total. The van der Waals surface area contributed by atoms with Crippen LogP contribution >= 0.6 is 11.6 Å². The number of aromatic nitrogens is 1. The number of piperazine rings is 1. The van der Waals surface area contributed by atoms with Gasteiger partial charge in [0.05, 0.1) is 10.6 Å². The smallest absolute Gasteiger partial charge is 0.243 e. The van der Waals surface area contributed by atoms with E-state index in [4.69, 9.17) is 16.0 Å². The molecule has 0 saturated carbocycles. The van der Waals surface area contributed by atoms with Crippen LogP contribution in [0.4, 0.5) is 0 Å². The van der Waals surface area contributed by atoms with Crippen molar-refractivity contribution in [3.8, 4) is 11.5 Å². The number of hydrogen-bond acceptors (Lipinski definition) is 5. The third kappa shape index (κ3) is 4.85. The highest BCUT2D eigenvalue weighted by atomic mass is 35.5. The molecule has 164 valence electrons. The molecule has 0 atom stereocenters. The second kappa shape index (κ2) is 9.12. The Bertz CT molecular complexity index is 1150. The number of benzene rings is 2. The van der Waals surface area contributed by atoms with E-state index in [2.05, 4.69) is 16.8 Å². The molecule has 31 heavy (non-hydrogen) atoms. The van der Waals surface area contributed by atoms with Gasteiger partial charge in [0.25, 0.3) is 0 Å². The zero-order valence-corrected chi connectivity index (χ0v) is 19.3. The number of sulfonamides is 1. The zero-order chi connectivity index (χ0) is 22.0. The molecule has 1 saturated heterocycles. The highest BCUT2D eigenvalue weighted by molar-refractivity contribution is 7.89. The van der Waals surface area contributed by atoms with Crippen LogP contribution in [-0.2, 0) is 23.0 Å². The van der Waals surface area contributed by atoms with Crippen molar-refractivity contribution < 1.29 is 12.8 Å². The van der Waals surface area contributed by atoms with Crippen LogP contribution in [-0.4, -0.2) is 48.8 Å². The van der Waals surface area contributed by atoms with Gasteiger partial charge >= 0.3 is 0 Å². The predicted molar refractivity (Wildman–Crippen MR) is 122 cm³/mol. The van der Waals surface area contributed by atoms with E-state index in [0.717, 1.165) is 29.0 Å². The minimum absolute atomic E-state index is 0.358. The van der Waals surface area contributed by atoms with Crippen LogP contribution in [0.5, 0.6) is 0 Å². The molecular formula is C23H26ClN3O3S. The second-order valence-electron chi connectivity index (χ2n) is 7.71. The molecule has 3 aromatic rings. The summed E-state index contributed by atoms with van der Waals surface area (Å²) in [6, 6.07) is 14.6. The fourth-order valence-corrected chi connectivity index (χ4v) is 5.32. The van der Waals surface area contributed by atoms with Gasteiger partial charge in [0.1, 0.15) is 5.76 Å². The zero-order valence-electron chi connectivity index (χ0n) is 17.7. The summed E-state index contributed by atoms with van der Waals surface area (Å²) in [7, 11) is -3.47. The Morgan fingerprint density at radius 3 is 2.42 bits per heavy atom. The number of hydrogen-bond donors (Lipinski definition) is 0. The van der Waals surface area contributed by atoms with Crippen LogP contribution in [0.25, 0.3) is 11.5 Å². The van der Waals surface area contributed by atoms with E-state index in [1.54, 1.807) is 16.4 Å². The van der Waals surface area contributed by atoms with Crippen LogP contribution in [0.1, 0.15) is 23.9 Å². The molecule has 2 aromatic carbocycles. The van der Waals surface area contributed by atoms with Crippen molar-refractivity contribution in [1.29, 1.82) is 0 Å². The first-order chi connectivity index (χ1) is 14.9. The monoisotopic (exact) mass is 459 g/mol. The third-order valence-electron chi connectivity index (χ3n) is 5.64. The van der Waals surface area contributed by atoms with E-state index in [9.17, 15) is 8.42 Å². The summed E-state index contributed by atoms with van der Waals surface area (Å²) in [6.07, 6.45) is 0.888. The van der Waals surface area contributed by atoms with Crippen molar-refractivity contribution in [3.05, 3.63) is 70.6 Å². The normalized spacial score (nSPS) is 16.0. The number of aryl methyl sites for hydroxylation is 2. The topological polar surface area (TPSA) is 66.7 Å². The Balaban J connectivity index is 1.40. The van der Waals surface area contributed by atoms with E-state index in [1.807, 2.05) is 43.3 Å². The molecule has 1 aromatic heterocycles. The van der Waals surface area contributed by atoms with Gasteiger partial charge in [0.2, 0.25) is 15.9 Å². The molecule has 6 nitrogen and oxygen atoms in total. The van der Waals surface area contributed by atoms with E-state index >= 15 is 0 Å². The Labute approximate surface area is 188 Å². The maximum Gasteiger partial charge on any atom is 0.243 e. The summed E-state index contributed by atoms with van der Waals surface area (Å²) < 4.78 is 33.3. The van der Waals surface area contributed by atoms with Gasteiger partial charge in [-0.1, -0.05) is 36.7 Å². The van der Waals surface area contributed by atoms with Gasteiger partial charge in [-0.15, -0.1) is 0 Å². The minimum atomic E-state index is -3.47. The van der Waals surface area contributed by atoms with E-state index in [0.29, 0.717) is 48.5 Å². The van der Waals surface area contributed by atoms with E-state index in [-0.39, 0.29) is 0 Å². The molecule has 0 spiro atoms. The lowest BCUT2D eigenvalue weighted by atomic mass is 10.2. The van der Waals surface area contributed by atoms with Crippen LogP contribution in [0.3, 0.4) is 0 Å². The van der Waals surface area contributed by atoms with Crippen molar-refractivity contribution in [1.82, 2.24) is 14.2 Å². The molecule has 0 unspecified atom stereocenters. The average molecular weight is 460 g/mol. The lowest BCUT2D eigenvalue weighted by molar-refractivity contribution is 0.179. The van der Waals surface area contributed by atoms with E-state index in [1.165, 1.54) is 0 Å². The first-order valence-electron chi connectivity index (χ1n) is 10.4. The van der Waals surface area contributed by atoms with Crippen molar-refractivity contribution in [2.24, 2.45) is 0 Å². The SMILES string of the molecule is CCc1ccc(S(=O)(=O)N2CCN(Cc3nc(-c4cccc(Cl)c4)oc3C)CC2)cc1. The molecule has 0 aliphatic carbocycles. The van der Waals surface area contributed by atoms with Gasteiger partial charge in [-0.25, -0.2) is 13.4 Å². The molecule has 1 fully saturated rings. The standard InChI is InChI=1S/C23H26ClN3O3S/c1-3-18-7-9-21(10-8-18)31(28,29)27-13-11-26(12-14-27)16-22-17(2)30-23(25-22)19-5-4-6-20(24)15-19/h4-10,15H,3,11-14,16H2,1-2H3. The van der Waals surface area contributed by atoms with Gasteiger partial charge < -0.3 is 4.42 Å². The summed E-state index contributed by atoms with van der Waals surface area (Å²) in [4.78, 5) is 7.21. The molecule has 0 bridgehead atoms. The Hall–Kier alpha value is -2.19. The van der Waals surface area contributed by atoms with Gasteiger partial charge in [0.15, 0.2) is 0 Å². The van der Waals surface area contributed by atoms with Crippen molar-refractivity contribution in [3.63, 3.8) is 0 Å². The lowest BCUT2D eigenvalue weighted by Gasteiger charge is -2.33. The molecular weight excluding hydrogens is 434 g/mol. The second-order valence-corrected chi connectivity index (χ2v) is 10.1. The summed E-state index contributed by atoms with van der Waals surface area (Å²) in [5, 5.41) is 0.636. The number of rotatable bonds is 6. The first-order valence-corrected chi connectivity index (χ1v) is 12.2. The van der Waals surface area contributed by atoms with Gasteiger partial charge in [-0.2, -0.15) is 4.31 Å². The Morgan fingerprint density at radius 2 is 1.77 bits per heavy atom. The fraction of sp³-hybridized carbons (Fsp3) is 0.348. The molecule has 2 heterocycles. The van der Waals surface area contributed by atoms with Crippen LogP contribution in [0.2, 0.25) is 5.02 Å². The number of nitrogens with zero attached hydrogens (tertiary/aromatic N) is 3. The van der Waals surface area contributed by atoms with Crippen molar-refractivity contribution in [2.75, 3.05) is 26.2 Å². The minimum Gasteiger partial charge on any atom is -0.441 e. The fourth-order valence-electron chi connectivity index (χ4n) is 3.71. The maximum absolute atomic E-state index is 13.0. The van der Waals surface area contributed by atoms with Gasteiger partial charge in [-0.05, 0) is 49.2 Å². The molecule has 0 radical (unpaired) electrons. The number of oxazole rings is 1. The van der Waals surface area contributed by atoms with Crippen LogP contribution < -0.4 is 0 Å². The summed E-state index contributed by atoms with van der Waals surface area (Å²) >= 11 is 6.08. The van der Waals surface area contributed by atoms with Gasteiger partial charge in [0, 0.05) is 43.3 Å². The molecule has 0 amide bonds. The summed E-state index contributed by atoms with van der Waals surface area (Å²) in [6.45, 7) is 6.77. The van der Waals surface area contributed by atoms with Crippen molar-refractivity contribution >= 4 is 21.6 Å². The molecule has 8 heteroatoms. The predicted octanol–water partition coefficient (Wildman–Crippen LogP) is 4.37. The highest BCUT2D eigenvalue weighted by Gasteiger charge is 2.29. The maximum atomic E-state index is 13.0. The first kappa shape index (κ1) is 22.0. The van der Waals surface area contributed by atoms with Crippen LogP contribution in [0.15, 0.2) is 57.8 Å². The molecule has 1 aliphatic rings.